The number of nitrogens with one attached hydrogen (secondary N) is 2. The molecule has 1 atom stereocenters. The minimum Gasteiger partial charge on any atom is -0.345 e. The minimum absolute atomic E-state index is 0.00783. The number of anilines is 1. The summed E-state index contributed by atoms with van der Waals surface area (Å²) in [6.45, 7) is 0. The molecule has 0 saturated carbocycles. The highest BCUT2D eigenvalue weighted by Crippen LogP contribution is 2.21. The maximum atomic E-state index is 14.1. The number of carbonyl (C=O) groups is 2. The summed E-state index contributed by atoms with van der Waals surface area (Å²) in [4.78, 5) is 25.1. The molecule has 1 aromatic heterocycles. The number of H-pyrrole nitrogens is 1. The van der Waals surface area contributed by atoms with E-state index in [9.17, 15) is 18.4 Å². The highest BCUT2D eigenvalue weighted by atomic mass is 19.1. The van der Waals surface area contributed by atoms with Gasteiger partial charge in [0.05, 0.1) is 6.20 Å². The second-order valence-electron chi connectivity index (χ2n) is 4.76. The van der Waals surface area contributed by atoms with Crippen molar-refractivity contribution in [2.45, 2.75) is 6.17 Å². The molecule has 2 aromatic rings. The molecular formula is C14H14F2N4O2. The fourth-order valence-electron chi connectivity index (χ4n) is 1.75. The van der Waals surface area contributed by atoms with Gasteiger partial charge in [-0.15, -0.1) is 0 Å². The van der Waals surface area contributed by atoms with Gasteiger partial charge in [0.1, 0.15) is 17.2 Å². The largest absolute Gasteiger partial charge is 0.345 e. The fraction of sp³-hybridized carbons (Fsp3) is 0.214. The summed E-state index contributed by atoms with van der Waals surface area (Å²) in [6.07, 6.45) is -0.755. The highest BCUT2D eigenvalue weighted by Gasteiger charge is 2.23. The Balaban J connectivity index is 2.14. The maximum absolute atomic E-state index is 14.1. The van der Waals surface area contributed by atoms with Crippen molar-refractivity contribution in [3.8, 4) is 0 Å². The summed E-state index contributed by atoms with van der Waals surface area (Å²) in [6, 6.07) is 4.48. The van der Waals surface area contributed by atoms with Crippen molar-refractivity contribution >= 4 is 17.6 Å². The Morgan fingerprint density at radius 2 is 1.91 bits per heavy atom. The second kappa shape index (κ2) is 6.33. The van der Waals surface area contributed by atoms with Gasteiger partial charge in [-0.25, -0.2) is 8.78 Å². The zero-order valence-corrected chi connectivity index (χ0v) is 11.9. The third-order valence-electron chi connectivity index (χ3n) is 2.92. The van der Waals surface area contributed by atoms with E-state index in [0.717, 1.165) is 12.1 Å². The number of hydrogen-bond donors (Lipinski definition) is 2. The van der Waals surface area contributed by atoms with E-state index < -0.39 is 17.9 Å². The van der Waals surface area contributed by atoms with Crippen LogP contribution in [0.3, 0.4) is 0 Å². The van der Waals surface area contributed by atoms with E-state index in [0.29, 0.717) is 0 Å². The van der Waals surface area contributed by atoms with Crippen molar-refractivity contribution in [3.63, 3.8) is 0 Å². The average molecular weight is 308 g/mol. The smallest absolute Gasteiger partial charge is 0.264 e. The number of nitrogens with zero attached hydrogens (tertiary/aromatic N) is 2. The molecule has 0 aliphatic rings. The molecule has 1 unspecified atom stereocenters. The number of halogens is 2. The van der Waals surface area contributed by atoms with E-state index >= 15 is 0 Å². The summed E-state index contributed by atoms with van der Waals surface area (Å²) in [5, 5.41) is 8.36. The van der Waals surface area contributed by atoms with Crippen LogP contribution in [0.15, 0.2) is 30.5 Å². The molecule has 8 heteroatoms. The van der Waals surface area contributed by atoms with Gasteiger partial charge in [0, 0.05) is 14.1 Å². The second-order valence-corrected chi connectivity index (χ2v) is 4.76. The van der Waals surface area contributed by atoms with Gasteiger partial charge in [0.25, 0.3) is 11.8 Å². The van der Waals surface area contributed by atoms with Crippen LogP contribution in [-0.4, -0.2) is 41.0 Å². The molecule has 2 N–H and O–H groups in total. The van der Waals surface area contributed by atoms with Crippen LogP contribution in [0.1, 0.15) is 22.1 Å². The van der Waals surface area contributed by atoms with Crippen LogP contribution >= 0.6 is 0 Å². The molecule has 0 spiro atoms. The Bertz CT molecular complexity index is 682. The lowest BCUT2D eigenvalue weighted by molar-refractivity contribution is -0.121. The van der Waals surface area contributed by atoms with Gasteiger partial charge >= 0.3 is 0 Å². The zero-order valence-electron chi connectivity index (χ0n) is 11.9. The SMILES string of the molecule is CN(C)C(=O)c1cn[nH]c1NC(=O)C(F)c1ccc(F)cc1. The van der Waals surface area contributed by atoms with Crippen molar-refractivity contribution < 1.29 is 18.4 Å². The van der Waals surface area contributed by atoms with E-state index in [1.165, 1.54) is 37.3 Å². The van der Waals surface area contributed by atoms with Crippen LogP contribution in [0.25, 0.3) is 0 Å². The van der Waals surface area contributed by atoms with Crippen molar-refractivity contribution in [1.29, 1.82) is 0 Å². The van der Waals surface area contributed by atoms with Crippen molar-refractivity contribution in [2.24, 2.45) is 0 Å². The predicted octanol–water partition coefficient (Wildman–Crippen LogP) is 1.90. The molecule has 0 aliphatic heterocycles. The fourth-order valence-corrected chi connectivity index (χ4v) is 1.75. The number of hydrogen-bond acceptors (Lipinski definition) is 3. The van der Waals surface area contributed by atoms with Gasteiger partial charge in [-0.1, -0.05) is 12.1 Å². The van der Waals surface area contributed by atoms with Gasteiger partial charge in [-0.05, 0) is 17.7 Å². The van der Waals surface area contributed by atoms with E-state index in [1.54, 1.807) is 0 Å². The molecule has 1 aromatic carbocycles. The number of amides is 2. The van der Waals surface area contributed by atoms with E-state index in [-0.39, 0.29) is 22.9 Å². The molecule has 22 heavy (non-hydrogen) atoms. The third kappa shape index (κ3) is 3.27. The molecule has 2 rings (SSSR count). The molecule has 116 valence electrons. The van der Waals surface area contributed by atoms with Crippen LogP contribution in [-0.2, 0) is 4.79 Å². The van der Waals surface area contributed by atoms with Crippen LogP contribution in [0, 0.1) is 5.82 Å². The molecular weight excluding hydrogens is 294 g/mol. The van der Waals surface area contributed by atoms with Crippen LogP contribution in [0.5, 0.6) is 0 Å². The number of rotatable bonds is 4. The van der Waals surface area contributed by atoms with E-state index in [2.05, 4.69) is 15.5 Å². The first kappa shape index (κ1) is 15.6. The first-order valence-electron chi connectivity index (χ1n) is 6.35. The van der Waals surface area contributed by atoms with E-state index in [4.69, 9.17) is 0 Å². The summed E-state index contributed by atoms with van der Waals surface area (Å²) < 4.78 is 26.9. The van der Waals surface area contributed by atoms with Crippen LogP contribution in [0.2, 0.25) is 0 Å². The number of carbonyl (C=O) groups excluding carboxylic acids is 2. The Hall–Kier alpha value is -2.77. The first-order valence-corrected chi connectivity index (χ1v) is 6.35. The Kier molecular flexibility index (Phi) is 4.50. The normalized spacial score (nSPS) is 11.8. The number of aromatic amines is 1. The van der Waals surface area contributed by atoms with Crippen molar-refractivity contribution in [1.82, 2.24) is 15.1 Å². The Morgan fingerprint density at radius 1 is 1.27 bits per heavy atom. The quantitative estimate of drug-likeness (QED) is 0.905. The van der Waals surface area contributed by atoms with E-state index in [1.807, 2.05) is 0 Å². The molecule has 6 nitrogen and oxygen atoms in total. The molecule has 0 radical (unpaired) electrons. The summed E-state index contributed by atoms with van der Waals surface area (Å²) >= 11 is 0. The van der Waals surface area contributed by atoms with Gasteiger partial charge in [0.2, 0.25) is 6.17 Å². The van der Waals surface area contributed by atoms with Gasteiger partial charge in [-0.2, -0.15) is 5.10 Å². The van der Waals surface area contributed by atoms with Gasteiger partial charge in [0.15, 0.2) is 0 Å². The first-order chi connectivity index (χ1) is 10.4. The molecule has 1 heterocycles. The van der Waals surface area contributed by atoms with Gasteiger partial charge in [-0.3, -0.25) is 14.7 Å². The zero-order chi connectivity index (χ0) is 16.3. The Morgan fingerprint density at radius 3 is 2.50 bits per heavy atom. The Labute approximate surface area is 125 Å². The lowest BCUT2D eigenvalue weighted by atomic mass is 10.1. The monoisotopic (exact) mass is 308 g/mol. The molecule has 0 saturated heterocycles. The van der Waals surface area contributed by atoms with Crippen molar-refractivity contribution in [3.05, 3.63) is 47.4 Å². The predicted molar refractivity (Wildman–Crippen MR) is 75.5 cm³/mol. The molecule has 0 bridgehead atoms. The third-order valence-corrected chi connectivity index (χ3v) is 2.92. The lowest BCUT2D eigenvalue weighted by Gasteiger charge is -2.12. The lowest BCUT2D eigenvalue weighted by Crippen LogP contribution is -2.24. The van der Waals surface area contributed by atoms with Crippen LogP contribution < -0.4 is 5.32 Å². The summed E-state index contributed by atoms with van der Waals surface area (Å²) in [5.41, 5.74) is 0.128. The van der Waals surface area contributed by atoms with Crippen LogP contribution in [0.4, 0.5) is 14.6 Å². The van der Waals surface area contributed by atoms with Gasteiger partial charge < -0.3 is 10.2 Å². The molecule has 0 aliphatic carbocycles. The average Bonchev–Trinajstić information content (AvgIpc) is 2.94. The highest BCUT2D eigenvalue weighted by molar-refractivity contribution is 6.03. The number of benzene rings is 1. The number of alkyl halides is 1. The molecule has 0 fully saturated rings. The number of aromatic nitrogens is 2. The summed E-state index contributed by atoms with van der Waals surface area (Å²) in [5.74, 6) is -1.89. The standard InChI is InChI=1S/C14H14F2N4O2/c1-20(2)14(22)10-7-17-19-12(10)18-13(21)11(16)8-3-5-9(15)6-4-8/h3-7,11H,1-2H3,(H2,17,18,19,21). The van der Waals surface area contributed by atoms with Crippen molar-refractivity contribution in [2.75, 3.05) is 19.4 Å². The minimum atomic E-state index is -1.99. The molecule has 2 amide bonds. The topological polar surface area (TPSA) is 78.1 Å². The summed E-state index contributed by atoms with van der Waals surface area (Å²) in [7, 11) is 3.08. The maximum Gasteiger partial charge on any atom is 0.264 e.